The van der Waals surface area contributed by atoms with Crippen LogP contribution in [0.15, 0.2) is 48.5 Å². The molecule has 0 spiro atoms. The maximum atomic E-state index is 12.5. The topological polar surface area (TPSA) is 90.7 Å². The Morgan fingerprint density at radius 2 is 1.96 bits per heavy atom. The Balaban J connectivity index is 1.72. The van der Waals surface area contributed by atoms with E-state index in [0.29, 0.717) is 18.0 Å². The number of nitro groups is 1. The number of rotatable bonds is 6. The molecule has 136 valence electrons. The molecule has 1 amide bonds. The van der Waals surface area contributed by atoms with Crippen LogP contribution in [-0.4, -0.2) is 30.1 Å². The number of carbonyl (C=O) groups excluding carboxylic acids is 1. The molecule has 1 heterocycles. The molecule has 1 N–H and O–H groups in total. The summed E-state index contributed by atoms with van der Waals surface area (Å²) in [4.78, 5) is 23.0. The molecular formula is C19H20N2O5. The van der Waals surface area contributed by atoms with Crippen molar-refractivity contribution in [3.05, 3.63) is 64.2 Å². The average Bonchev–Trinajstić information content (AvgIpc) is 2.68. The molecule has 1 fully saturated rings. The lowest BCUT2D eigenvalue weighted by Crippen LogP contribution is -2.26. The van der Waals surface area contributed by atoms with E-state index in [1.165, 1.54) is 18.2 Å². The molecule has 7 nitrogen and oxygen atoms in total. The number of hydrogen-bond donors (Lipinski definition) is 1. The molecule has 1 saturated heterocycles. The van der Waals surface area contributed by atoms with E-state index >= 15 is 0 Å². The van der Waals surface area contributed by atoms with Crippen LogP contribution in [0.25, 0.3) is 0 Å². The lowest BCUT2D eigenvalue weighted by molar-refractivity contribution is -0.385. The van der Waals surface area contributed by atoms with Crippen LogP contribution in [0.5, 0.6) is 5.75 Å². The maximum absolute atomic E-state index is 12.5. The van der Waals surface area contributed by atoms with Crippen molar-refractivity contribution in [2.45, 2.75) is 25.4 Å². The SMILES string of the molecule is O=C(Nc1ccccc1OC[C@H]1CCCCO1)c1ccccc1[N+](=O)[O-]. The summed E-state index contributed by atoms with van der Waals surface area (Å²) in [6.45, 7) is 1.14. The first-order valence-electron chi connectivity index (χ1n) is 8.53. The molecule has 0 unspecified atom stereocenters. The zero-order valence-corrected chi connectivity index (χ0v) is 14.2. The van der Waals surface area contributed by atoms with Crippen molar-refractivity contribution in [1.29, 1.82) is 0 Å². The smallest absolute Gasteiger partial charge is 0.282 e. The van der Waals surface area contributed by atoms with Crippen molar-refractivity contribution in [2.75, 3.05) is 18.5 Å². The minimum Gasteiger partial charge on any atom is -0.489 e. The van der Waals surface area contributed by atoms with E-state index in [1.807, 2.05) is 0 Å². The standard InChI is InChI=1S/C19H20N2O5/c22-19(15-8-1-3-10-17(15)21(23)24)20-16-9-2-4-11-18(16)26-13-14-7-5-6-12-25-14/h1-4,8-11,14H,5-7,12-13H2,(H,20,22)/t14-/m1/s1. The molecule has 1 aliphatic heterocycles. The Labute approximate surface area is 151 Å². The molecule has 0 aromatic heterocycles. The van der Waals surface area contributed by atoms with Gasteiger partial charge in [0.2, 0.25) is 0 Å². The molecule has 1 atom stereocenters. The summed E-state index contributed by atoms with van der Waals surface area (Å²) >= 11 is 0. The van der Waals surface area contributed by atoms with E-state index in [9.17, 15) is 14.9 Å². The first-order valence-corrected chi connectivity index (χ1v) is 8.53. The van der Waals surface area contributed by atoms with E-state index in [0.717, 1.165) is 25.9 Å². The first-order chi connectivity index (χ1) is 12.6. The summed E-state index contributed by atoms with van der Waals surface area (Å²) in [7, 11) is 0. The highest BCUT2D eigenvalue weighted by Crippen LogP contribution is 2.27. The molecule has 26 heavy (non-hydrogen) atoms. The van der Waals surface area contributed by atoms with Crippen LogP contribution in [0, 0.1) is 10.1 Å². The number of nitrogens with one attached hydrogen (secondary N) is 1. The highest BCUT2D eigenvalue weighted by Gasteiger charge is 2.21. The molecule has 0 bridgehead atoms. The van der Waals surface area contributed by atoms with Crippen LogP contribution in [0.2, 0.25) is 0 Å². The van der Waals surface area contributed by atoms with Crippen LogP contribution in [0.3, 0.4) is 0 Å². The van der Waals surface area contributed by atoms with Gasteiger partial charge >= 0.3 is 0 Å². The minimum atomic E-state index is -0.572. The highest BCUT2D eigenvalue weighted by atomic mass is 16.6. The third-order valence-electron chi connectivity index (χ3n) is 4.18. The van der Waals surface area contributed by atoms with Crippen molar-refractivity contribution in [2.24, 2.45) is 0 Å². The summed E-state index contributed by atoms with van der Waals surface area (Å²) in [5, 5.41) is 13.8. The van der Waals surface area contributed by atoms with Crippen LogP contribution >= 0.6 is 0 Å². The normalized spacial score (nSPS) is 16.7. The Morgan fingerprint density at radius 1 is 1.19 bits per heavy atom. The second-order valence-electron chi connectivity index (χ2n) is 6.02. The van der Waals surface area contributed by atoms with E-state index in [2.05, 4.69) is 5.32 Å². The molecule has 7 heteroatoms. The Morgan fingerprint density at radius 3 is 2.73 bits per heavy atom. The average molecular weight is 356 g/mol. The van der Waals surface area contributed by atoms with Gasteiger partial charge in [0.25, 0.3) is 11.6 Å². The van der Waals surface area contributed by atoms with Gasteiger partial charge < -0.3 is 14.8 Å². The van der Waals surface area contributed by atoms with Gasteiger partial charge in [0.15, 0.2) is 0 Å². The summed E-state index contributed by atoms with van der Waals surface area (Å²) in [6.07, 6.45) is 3.18. The monoisotopic (exact) mass is 356 g/mol. The van der Waals surface area contributed by atoms with Gasteiger partial charge in [0.05, 0.1) is 16.7 Å². The minimum absolute atomic E-state index is 0.00270. The van der Waals surface area contributed by atoms with Crippen LogP contribution in [0.4, 0.5) is 11.4 Å². The zero-order valence-electron chi connectivity index (χ0n) is 14.2. The molecule has 0 saturated carbocycles. The number of hydrogen-bond acceptors (Lipinski definition) is 5. The molecule has 0 aliphatic carbocycles. The lowest BCUT2D eigenvalue weighted by Gasteiger charge is -2.23. The highest BCUT2D eigenvalue weighted by molar-refractivity contribution is 6.07. The summed E-state index contributed by atoms with van der Waals surface area (Å²) in [6, 6.07) is 12.9. The fourth-order valence-electron chi connectivity index (χ4n) is 2.83. The molecular weight excluding hydrogens is 336 g/mol. The van der Waals surface area contributed by atoms with Gasteiger partial charge in [0.1, 0.15) is 17.9 Å². The first kappa shape index (κ1) is 17.9. The fraction of sp³-hybridized carbons (Fsp3) is 0.316. The number of amides is 1. The Kier molecular flexibility index (Phi) is 5.80. The van der Waals surface area contributed by atoms with Crippen molar-refractivity contribution >= 4 is 17.3 Å². The second-order valence-corrected chi connectivity index (χ2v) is 6.02. The quantitative estimate of drug-likeness (QED) is 0.628. The predicted octanol–water partition coefficient (Wildman–Crippen LogP) is 3.80. The van der Waals surface area contributed by atoms with Gasteiger partial charge in [-0.2, -0.15) is 0 Å². The number of carbonyl (C=O) groups is 1. The molecule has 2 aromatic rings. The summed E-state index contributed by atoms with van der Waals surface area (Å²) in [5.41, 5.74) is 0.230. The third kappa shape index (κ3) is 4.37. The number of nitro benzene ring substituents is 1. The number of benzene rings is 2. The fourth-order valence-corrected chi connectivity index (χ4v) is 2.83. The van der Waals surface area contributed by atoms with Crippen molar-refractivity contribution in [3.63, 3.8) is 0 Å². The molecule has 0 radical (unpaired) electrons. The van der Waals surface area contributed by atoms with Gasteiger partial charge in [-0.15, -0.1) is 0 Å². The number of para-hydroxylation sites is 3. The number of ether oxygens (including phenoxy) is 2. The van der Waals surface area contributed by atoms with Crippen molar-refractivity contribution in [1.82, 2.24) is 0 Å². The predicted molar refractivity (Wildman–Crippen MR) is 96.6 cm³/mol. The van der Waals surface area contributed by atoms with Gasteiger partial charge in [-0.05, 0) is 37.5 Å². The third-order valence-corrected chi connectivity index (χ3v) is 4.18. The summed E-state index contributed by atoms with van der Waals surface area (Å²) in [5.74, 6) is -0.0455. The largest absolute Gasteiger partial charge is 0.489 e. The van der Waals surface area contributed by atoms with E-state index < -0.39 is 10.8 Å². The van der Waals surface area contributed by atoms with Gasteiger partial charge in [-0.1, -0.05) is 24.3 Å². The second kappa shape index (κ2) is 8.44. The molecule has 1 aliphatic rings. The summed E-state index contributed by atoms with van der Waals surface area (Å²) < 4.78 is 11.5. The number of anilines is 1. The van der Waals surface area contributed by atoms with Crippen LogP contribution in [-0.2, 0) is 4.74 Å². The van der Waals surface area contributed by atoms with E-state index in [-0.39, 0.29) is 17.4 Å². The van der Waals surface area contributed by atoms with Crippen LogP contribution < -0.4 is 10.1 Å². The number of nitrogens with zero attached hydrogens (tertiary/aromatic N) is 1. The lowest BCUT2D eigenvalue weighted by atomic mass is 10.1. The van der Waals surface area contributed by atoms with Gasteiger partial charge in [0, 0.05) is 12.7 Å². The Bertz CT molecular complexity index is 787. The zero-order chi connectivity index (χ0) is 18.4. The van der Waals surface area contributed by atoms with Gasteiger partial charge in [-0.3, -0.25) is 14.9 Å². The van der Waals surface area contributed by atoms with E-state index in [4.69, 9.17) is 9.47 Å². The maximum Gasteiger partial charge on any atom is 0.282 e. The molecule has 2 aromatic carbocycles. The van der Waals surface area contributed by atoms with Crippen LogP contribution in [0.1, 0.15) is 29.6 Å². The Hall–Kier alpha value is -2.93. The van der Waals surface area contributed by atoms with E-state index in [1.54, 1.807) is 30.3 Å². The van der Waals surface area contributed by atoms with Crippen molar-refractivity contribution in [3.8, 4) is 5.75 Å². The van der Waals surface area contributed by atoms with Crippen molar-refractivity contribution < 1.29 is 19.2 Å². The van der Waals surface area contributed by atoms with Gasteiger partial charge in [-0.25, -0.2) is 0 Å². The molecule has 3 rings (SSSR count).